The van der Waals surface area contributed by atoms with E-state index in [1.54, 1.807) is 6.08 Å². The zero-order valence-corrected chi connectivity index (χ0v) is 5.84. The average Bonchev–Trinajstić information content (AvgIpc) is 1.89. The van der Waals surface area contributed by atoms with Crippen molar-refractivity contribution in [3.05, 3.63) is 31.2 Å². The minimum atomic E-state index is 0.661. The molecule has 1 radical (unpaired) electrons. The van der Waals surface area contributed by atoms with Gasteiger partial charge in [-0.25, -0.2) is 0 Å². The van der Waals surface area contributed by atoms with Crippen LogP contribution in [0.25, 0.3) is 0 Å². The summed E-state index contributed by atoms with van der Waals surface area (Å²) in [6, 6.07) is 0. The molecule has 0 fully saturated rings. The minimum absolute atomic E-state index is 0.661. The van der Waals surface area contributed by atoms with E-state index >= 15 is 0 Å². The molecule has 0 amide bonds. The Bertz CT molecular complexity index is 80.7. The maximum absolute atomic E-state index is 5.10. The van der Waals surface area contributed by atoms with Crippen molar-refractivity contribution in [1.82, 2.24) is 0 Å². The minimum Gasteiger partial charge on any atom is -0.373 e. The van der Waals surface area contributed by atoms with Crippen LogP contribution in [0.4, 0.5) is 0 Å². The molecule has 0 aromatic heterocycles. The predicted molar refractivity (Wildman–Crippen MR) is 40.1 cm³/mol. The van der Waals surface area contributed by atoms with Gasteiger partial charge in [0.1, 0.15) is 0 Å². The van der Waals surface area contributed by atoms with Gasteiger partial charge < -0.3 is 4.74 Å². The lowest BCUT2D eigenvalue weighted by Gasteiger charge is -1.91. The van der Waals surface area contributed by atoms with E-state index in [9.17, 15) is 0 Å². The number of rotatable bonds is 4. The fraction of sp³-hybridized carbons (Fsp3) is 0.375. The molecule has 0 N–H and O–H groups in total. The first-order chi connectivity index (χ1) is 4.41. The SMILES string of the molecule is [CH2]C=CCOC/C=C/C. The Hall–Kier alpha value is -0.560. The summed E-state index contributed by atoms with van der Waals surface area (Å²) in [6.07, 6.45) is 7.55. The van der Waals surface area contributed by atoms with Crippen molar-refractivity contribution in [2.45, 2.75) is 6.92 Å². The van der Waals surface area contributed by atoms with Gasteiger partial charge in [-0.2, -0.15) is 0 Å². The van der Waals surface area contributed by atoms with E-state index in [0.717, 1.165) is 0 Å². The quantitative estimate of drug-likeness (QED) is 0.412. The largest absolute Gasteiger partial charge is 0.373 e. The third kappa shape index (κ3) is 7.44. The Kier molecular flexibility index (Phi) is 6.98. The molecule has 0 saturated heterocycles. The molecule has 0 unspecified atom stereocenters. The van der Waals surface area contributed by atoms with Crippen LogP contribution >= 0.6 is 0 Å². The van der Waals surface area contributed by atoms with Crippen LogP contribution in [-0.2, 0) is 4.74 Å². The molecule has 1 nitrogen and oxygen atoms in total. The fourth-order valence-corrected chi connectivity index (χ4v) is 0.368. The summed E-state index contributed by atoms with van der Waals surface area (Å²) in [4.78, 5) is 0. The molecule has 0 aliphatic carbocycles. The van der Waals surface area contributed by atoms with Crippen molar-refractivity contribution in [2.75, 3.05) is 13.2 Å². The molecular formula is C8H13O. The van der Waals surface area contributed by atoms with Crippen LogP contribution in [0.3, 0.4) is 0 Å². The van der Waals surface area contributed by atoms with Gasteiger partial charge in [-0.3, -0.25) is 0 Å². The van der Waals surface area contributed by atoms with E-state index in [1.807, 2.05) is 25.2 Å². The topological polar surface area (TPSA) is 9.23 Å². The lowest BCUT2D eigenvalue weighted by atomic mass is 10.5. The second-order valence-corrected chi connectivity index (χ2v) is 1.58. The highest BCUT2D eigenvalue weighted by Gasteiger charge is 1.74. The summed E-state index contributed by atoms with van der Waals surface area (Å²) in [6.45, 7) is 6.85. The van der Waals surface area contributed by atoms with Crippen molar-refractivity contribution < 1.29 is 4.74 Å². The van der Waals surface area contributed by atoms with Crippen molar-refractivity contribution in [3.63, 3.8) is 0 Å². The molecule has 0 aliphatic rings. The highest BCUT2D eigenvalue weighted by molar-refractivity contribution is 4.84. The van der Waals surface area contributed by atoms with Crippen molar-refractivity contribution in [1.29, 1.82) is 0 Å². The lowest BCUT2D eigenvalue weighted by molar-refractivity contribution is 0.194. The van der Waals surface area contributed by atoms with Gasteiger partial charge in [-0.05, 0) is 13.8 Å². The van der Waals surface area contributed by atoms with Gasteiger partial charge in [0.15, 0.2) is 0 Å². The predicted octanol–water partition coefficient (Wildman–Crippen LogP) is 1.97. The zero-order chi connectivity index (χ0) is 6.95. The first-order valence-electron chi connectivity index (χ1n) is 3.05. The van der Waals surface area contributed by atoms with Gasteiger partial charge >= 0.3 is 0 Å². The number of ether oxygens (including phenoxy) is 1. The molecule has 0 heterocycles. The number of hydrogen-bond donors (Lipinski definition) is 0. The van der Waals surface area contributed by atoms with Gasteiger partial charge in [0, 0.05) is 0 Å². The third-order valence-corrected chi connectivity index (χ3v) is 0.831. The summed E-state index contributed by atoms with van der Waals surface area (Å²) in [7, 11) is 0. The smallest absolute Gasteiger partial charge is 0.0651 e. The Morgan fingerprint density at radius 1 is 1.33 bits per heavy atom. The van der Waals surface area contributed by atoms with Gasteiger partial charge in [0.05, 0.1) is 13.2 Å². The van der Waals surface area contributed by atoms with Crippen LogP contribution < -0.4 is 0 Å². The molecule has 0 saturated carbocycles. The Labute approximate surface area is 57.0 Å². The summed E-state index contributed by atoms with van der Waals surface area (Å²) < 4.78 is 5.10. The molecule has 0 spiro atoms. The second-order valence-electron chi connectivity index (χ2n) is 1.58. The third-order valence-electron chi connectivity index (χ3n) is 0.831. The zero-order valence-electron chi connectivity index (χ0n) is 5.84. The van der Waals surface area contributed by atoms with Crippen molar-refractivity contribution in [2.24, 2.45) is 0 Å². The van der Waals surface area contributed by atoms with Gasteiger partial charge in [0.25, 0.3) is 0 Å². The normalized spacial score (nSPS) is 11.8. The van der Waals surface area contributed by atoms with Gasteiger partial charge in [-0.1, -0.05) is 24.3 Å². The Morgan fingerprint density at radius 2 is 2.00 bits per heavy atom. The van der Waals surface area contributed by atoms with E-state index in [1.165, 1.54) is 0 Å². The maximum Gasteiger partial charge on any atom is 0.0651 e. The lowest BCUT2D eigenvalue weighted by Crippen LogP contribution is -1.89. The summed E-state index contributed by atoms with van der Waals surface area (Å²) in [5.41, 5.74) is 0. The first-order valence-corrected chi connectivity index (χ1v) is 3.05. The molecule has 0 aliphatic heterocycles. The second kappa shape index (κ2) is 7.44. The Morgan fingerprint density at radius 3 is 2.56 bits per heavy atom. The van der Waals surface area contributed by atoms with E-state index < -0.39 is 0 Å². The van der Waals surface area contributed by atoms with Crippen LogP contribution in [0.1, 0.15) is 6.92 Å². The van der Waals surface area contributed by atoms with E-state index in [2.05, 4.69) is 6.92 Å². The highest BCUT2D eigenvalue weighted by atomic mass is 16.5. The number of allylic oxidation sites excluding steroid dienone is 2. The van der Waals surface area contributed by atoms with Crippen LogP contribution in [0.15, 0.2) is 24.3 Å². The maximum atomic E-state index is 5.10. The van der Waals surface area contributed by atoms with E-state index in [0.29, 0.717) is 13.2 Å². The van der Waals surface area contributed by atoms with Crippen molar-refractivity contribution >= 4 is 0 Å². The average molecular weight is 125 g/mol. The molecule has 1 heteroatoms. The van der Waals surface area contributed by atoms with E-state index in [4.69, 9.17) is 4.74 Å². The molecule has 0 atom stereocenters. The van der Waals surface area contributed by atoms with Crippen LogP contribution in [0.2, 0.25) is 0 Å². The Balaban J connectivity index is 2.91. The molecular weight excluding hydrogens is 112 g/mol. The molecule has 9 heavy (non-hydrogen) atoms. The van der Waals surface area contributed by atoms with Crippen LogP contribution in [-0.4, -0.2) is 13.2 Å². The summed E-state index contributed by atoms with van der Waals surface area (Å²) in [5.74, 6) is 0. The fourth-order valence-electron chi connectivity index (χ4n) is 0.368. The van der Waals surface area contributed by atoms with Crippen LogP contribution in [0, 0.1) is 6.92 Å². The molecule has 0 rings (SSSR count). The van der Waals surface area contributed by atoms with E-state index in [-0.39, 0.29) is 0 Å². The first kappa shape index (κ1) is 8.44. The molecule has 0 aromatic carbocycles. The molecule has 0 bridgehead atoms. The standard InChI is InChI=1S/C8H13O/c1-3-5-7-9-8-6-4-2/h3-6H,1,7-8H2,2H3/b5-3?,6-4+. The van der Waals surface area contributed by atoms with Gasteiger partial charge in [0.2, 0.25) is 0 Å². The number of hydrogen-bond acceptors (Lipinski definition) is 1. The summed E-state index contributed by atoms with van der Waals surface area (Å²) in [5, 5.41) is 0. The van der Waals surface area contributed by atoms with Gasteiger partial charge in [-0.15, -0.1) is 0 Å². The monoisotopic (exact) mass is 125 g/mol. The molecule has 51 valence electrons. The summed E-state index contributed by atoms with van der Waals surface area (Å²) >= 11 is 0. The highest BCUT2D eigenvalue weighted by Crippen LogP contribution is 1.78. The van der Waals surface area contributed by atoms with Crippen molar-refractivity contribution in [3.8, 4) is 0 Å². The molecule has 0 aromatic rings. The van der Waals surface area contributed by atoms with Crippen LogP contribution in [0.5, 0.6) is 0 Å².